The van der Waals surface area contributed by atoms with E-state index in [4.69, 9.17) is 14.6 Å². The van der Waals surface area contributed by atoms with Crippen molar-refractivity contribution in [2.75, 3.05) is 13.7 Å². The van der Waals surface area contributed by atoms with Gasteiger partial charge in [-0.3, -0.25) is 9.59 Å². The van der Waals surface area contributed by atoms with Crippen LogP contribution in [-0.4, -0.2) is 36.7 Å². The zero-order chi connectivity index (χ0) is 16.8. The Morgan fingerprint density at radius 3 is 2.74 bits per heavy atom. The third-order valence-electron chi connectivity index (χ3n) is 4.01. The van der Waals surface area contributed by atoms with Crippen LogP contribution in [0.3, 0.4) is 0 Å². The summed E-state index contributed by atoms with van der Waals surface area (Å²) in [5.74, 6) is -0.295. The van der Waals surface area contributed by atoms with Crippen LogP contribution in [0.15, 0.2) is 18.2 Å². The number of hydrogen-bond donors (Lipinski definition) is 2. The number of carbonyl (C=O) groups is 2. The van der Waals surface area contributed by atoms with Crippen LogP contribution in [0.4, 0.5) is 0 Å². The van der Waals surface area contributed by atoms with E-state index < -0.39 is 5.97 Å². The zero-order valence-corrected chi connectivity index (χ0v) is 13.5. The van der Waals surface area contributed by atoms with Crippen molar-refractivity contribution in [3.05, 3.63) is 23.8 Å². The van der Waals surface area contributed by atoms with Gasteiger partial charge in [0.05, 0.1) is 25.2 Å². The van der Waals surface area contributed by atoms with Crippen molar-refractivity contribution in [3.8, 4) is 11.5 Å². The molecule has 6 heteroatoms. The molecule has 0 spiro atoms. The number of nitrogens with one attached hydrogen (secondary N) is 1. The SMILES string of the molecule is CCCOc1cc(OC)ccc1C(=O)N[C@@H]1CC[C@H](C(=O)O)C1. The molecule has 1 fully saturated rings. The van der Waals surface area contributed by atoms with Crippen molar-refractivity contribution in [2.45, 2.75) is 38.6 Å². The number of amides is 1. The van der Waals surface area contributed by atoms with Gasteiger partial charge in [0.2, 0.25) is 0 Å². The number of benzene rings is 1. The first-order valence-electron chi connectivity index (χ1n) is 7.89. The van der Waals surface area contributed by atoms with E-state index >= 15 is 0 Å². The summed E-state index contributed by atoms with van der Waals surface area (Å²) in [7, 11) is 1.56. The van der Waals surface area contributed by atoms with Gasteiger partial charge in [0.25, 0.3) is 5.91 Å². The van der Waals surface area contributed by atoms with Gasteiger partial charge in [0.15, 0.2) is 0 Å². The standard InChI is InChI=1S/C17H23NO5/c1-3-8-23-15-10-13(22-2)6-7-14(15)16(19)18-12-5-4-11(9-12)17(20)21/h6-7,10-12H,3-5,8-9H2,1-2H3,(H,18,19)(H,20,21)/t11-,12+/m0/s1. The number of hydrogen-bond acceptors (Lipinski definition) is 4. The van der Waals surface area contributed by atoms with E-state index in [9.17, 15) is 9.59 Å². The molecule has 2 rings (SSSR count). The minimum Gasteiger partial charge on any atom is -0.497 e. The normalized spacial score (nSPS) is 20.1. The third kappa shape index (κ3) is 4.37. The molecule has 0 heterocycles. The van der Waals surface area contributed by atoms with Crippen molar-refractivity contribution in [1.82, 2.24) is 5.32 Å². The second-order valence-electron chi connectivity index (χ2n) is 5.73. The van der Waals surface area contributed by atoms with Gasteiger partial charge < -0.3 is 19.9 Å². The van der Waals surface area contributed by atoms with Gasteiger partial charge in [-0.15, -0.1) is 0 Å². The van der Waals surface area contributed by atoms with Crippen LogP contribution in [0.1, 0.15) is 43.0 Å². The molecular weight excluding hydrogens is 298 g/mol. The molecule has 6 nitrogen and oxygen atoms in total. The Hall–Kier alpha value is -2.24. The average molecular weight is 321 g/mol. The summed E-state index contributed by atoms with van der Waals surface area (Å²) in [6.07, 6.45) is 2.59. The molecule has 1 aliphatic rings. The smallest absolute Gasteiger partial charge is 0.306 e. The lowest BCUT2D eigenvalue weighted by Gasteiger charge is -2.16. The largest absolute Gasteiger partial charge is 0.497 e. The highest BCUT2D eigenvalue weighted by molar-refractivity contribution is 5.97. The summed E-state index contributed by atoms with van der Waals surface area (Å²) in [5.41, 5.74) is 0.443. The van der Waals surface area contributed by atoms with Crippen molar-refractivity contribution < 1.29 is 24.2 Å². The van der Waals surface area contributed by atoms with Crippen LogP contribution in [0, 0.1) is 5.92 Å². The molecule has 1 aromatic rings. The predicted molar refractivity (Wildman–Crippen MR) is 85.0 cm³/mol. The monoisotopic (exact) mass is 321 g/mol. The topological polar surface area (TPSA) is 84.9 Å². The zero-order valence-electron chi connectivity index (χ0n) is 13.5. The summed E-state index contributed by atoms with van der Waals surface area (Å²) in [5, 5.41) is 11.9. The van der Waals surface area contributed by atoms with Crippen molar-refractivity contribution >= 4 is 11.9 Å². The Balaban J connectivity index is 2.07. The molecule has 126 valence electrons. The molecule has 1 amide bonds. The fourth-order valence-electron chi connectivity index (χ4n) is 2.75. The van der Waals surface area contributed by atoms with E-state index in [0.717, 1.165) is 6.42 Å². The summed E-state index contributed by atoms with van der Waals surface area (Å²) >= 11 is 0. The Labute approximate surface area is 135 Å². The number of ether oxygens (including phenoxy) is 2. The van der Waals surface area contributed by atoms with E-state index in [0.29, 0.717) is 42.9 Å². The molecule has 2 atom stereocenters. The van der Waals surface area contributed by atoms with E-state index in [1.807, 2.05) is 6.92 Å². The minimum atomic E-state index is -0.793. The summed E-state index contributed by atoms with van der Waals surface area (Å²) in [4.78, 5) is 23.5. The quantitative estimate of drug-likeness (QED) is 0.806. The highest BCUT2D eigenvalue weighted by Gasteiger charge is 2.31. The highest BCUT2D eigenvalue weighted by atomic mass is 16.5. The van der Waals surface area contributed by atoms with Gasteiger partial charge in [-0.05, 0) is 37.8 Å². The number of aliphatic carboxylic acids is 1. The van der Waals surface area contributed by atoms with E-state index in [2.05, 4.69) is 5.32 Å². The van der Waals surface area contributed by atoms with Crippen LogP contribution < -0.4 is 14.8 Å². The first kappa shape index (κ1) is 17.1. The molecule has 0 saturated heterocycles. The Bertz CT molecular complexity index is 572. The maximum absolute atomic E-state index is 12.5. The summed E-state index contributed by atoms with van der Waals surface area (Å²) < 4.78 is 10.8. The lowest BCUT2D eigenvalue weighted by molar-refractivity contribution is -0.141. The number of carbonyl (C=O) groups excluding carboxylic acids is 1. The van der Waals surface area contributed by atoms with E-state index in [1.54, 1.807) is 25.3 Å². The van der Waals surface area contributed by atoms with Gasteiger partial charge >= 0.3 is 5.97 Å². The molecule has 1 aromatic carbocycles. The van der Waals surface area contributed by atoms with Crippen LogP contribution in [0.5, 0.6) is 11.5 Å². The fourth-order valence-corrected chi connectivity index (χ4v) is 2.75. The van der Waals surface area contributed by atoms with Crippen LogP contribution in [0.2, 0.25) is 0 Å². The molecule has 0 unspecified atom stereocenters. The van der Waals surface area contributed by atoms with Crippen LogP contribution >= 0.6 is 0 Å². The molecule has 0 aliphatic heterocycles. The van der Waals surface area contributed by atoms with Gasteiger partial charge in [0.1, 0.15) is 11.5 Å². The van der Waals surface area contributed by atoms with E-state index in [1.165, 1.54) is 0 Å². The second-order valence-corrected chi connectivity index (χ2v) is 5.73. The molecule has 0 bridgehead atoms. The molecular formula is C17H23NO5. The lowest BCUT2D eigenvalue weighted by atomic mass is 10.1. The van der Waals surface area contributed by atoms with Crippen molar-refractivity contribution in [2.24, 2.45) is 5.92 Å². The Morgan fingerprint density at radius 1 is 1.35 bits per heavy atom. The predicted octanol–water partition coefficient (Wildman–Crippen LogP) is 2.47. The van der Waals surface area contributed by atoms with Crippen molar-refractivity contribution in [3.63, 3.8) is 0 Å². The summed E-state index contributed by atoms with van der Waals surface area (Å²) in [6, 6.07) is 4.97. The number of carboxylic acid groups (broad SMARTS) is 1. The van der Waals surface area contributed by atoms with Crippen LogP contribution in [0.25, 0.3) is 0 Å². The maximum Gasteiger partial charge on any atom is 0.306 e. The van der Waals surface area contributed by atoms with E-state index in [-0.39, 0.29) is 17.9 Å². The van der Waals surface area contributed by atoms with Gasteiger partial charge in [-0.1, -0.05) is 6.92 Å². The summed E-state index contributed by atoms with van der Waals surface area (Å²) in [6.45, 7) is 2.50. The first-order chi connectivity index (χ1) is 11.0. The first-order valence-corrected chi connectivity index (χ1v) is 7.89. The van der Waals surface area contributed by atoms with Crippen LogP contribution in [-0.2, 0) is 4.79 Å². The fraction of sp³-hybridized carbons (Fsp3) is 0.529. The third-order valence-corrected chi connectivity index (χ3v) is 4.01. The molecule has 0 aromatic heterocycles. The molecule has 1 aliphatic carbocycles. The molecule has 1 saturated carbocycles. The van der Waals surface area contributed by atoms with Crippen molar-refractivity contribution in [1.29, 1.82) is 0 Å². The molecule has 2 N–H and O–H groups in total. The second kappa shape index (κ2) is 7.85. The maximum atomic E-state index is 12.5. The Morgan fingerprint density at radius 2 is 2.13 bits per heavy atom. The molecule has 23 heavy (non-hydrogen) atoms. The minimum absolute atomic E-state index is 0.107. The average Bonchev–Trinajstić information content (AvgIpc) is 3.01. The lowest BCUT2D eigenvalue weighted by Crippen LogP contribution is -2.33. The van der Waals surface area contributed by atoms with Gasteiger partial charge in [-0.25, -0.2) is 0 Å². The number of carboxylic acids is 1. The molecule has 0 radical (unpaired) electrons. The Kier molecular flexibility index (Phi) is 5.84. The van der Waals surface area contributed by atoms with Gasteiger partial charge in [0, 0.05) is 12.1 Å². The highest BCUT2D eigenvalue weighted by Crippen LogP contribution is 2.28. The number of methoxy groups -OCH3 is 1. The van der Waals surface area contributed by atoms with Gasteiger partial charge in [-0.2, -0.15) is 0 Å². The number of rotatable bonds is 7.